The van der Waals surface area contributed by atoms with Crippen molar-refractivity contribution >= 4 is 22.9 Å². The summed E-state index contributed by atoms with van der Waals surface area (Å²) in [6.45, 7) is 6.43. The number of rotatable bonds is 3. The molecule has 23 heavy (non-hydrogen) atoms. The molecule has 1 fully saturated rings. The van der Waals surface area contributed by atoms with Gasteiger partial charge in [0.2, 0.25) is 0 Å². The molecule has 0 radical (unpaired) electrons. The molecule has 4 nitrogen and oxygen atoms in total. The molecular formula is C19H21NO3. The van der Waals surface area contributed by atoms with Gasteiger partial charge in [-0.3, -0.25) is 0 Å². The molecule has 3 rings (SSSR count). The number of methoxy groups -OCH3 is 1. The van der Waals surface area contributed by atoms with Crippen molar-refractivity contribution in [3.8, 4) is 5.75 Å². The van der Waals surface area contributed by atoms with E-state index in [4.69, 9.17) is 9.47 Å². The molecule has 2 atom stereocenters. The molecular weight excluding hydrogens is 290 g/mol. The highest BCUT2D eigenvalue weighted by atomic mass is 16.5. The van der Waals surface area contributed by atoms with Crippen LogP contribution >= 0.6 is 0 Å². The molecule has 0 unspecified atom stereocenters. The van der Waals surface area contributed by atoms with Crippen LogP contribution in [0.2, 0.25) is 0 Å². The average Bonchev–Trinajstić information content (AvgIpc) is 2.93. The van der Waals surface area contributed by atoms with Gasteiger partial charge in [0.1, 0.15) is 11.9 Å². The number of benzene rings is 2. The molecule has 4 heteroatoms. The van der Waals surface area contributed by atoms with E-state index in [-0.39, 0.29) is 18.2 Å². The fraction of sp³-hybridized carbons (Fsp3) is 0.316. The van der Waals surface area contributed by atoms with Gasteiger partial charge in [-0.1, -0.05) is 36.9 Å². The van der Waals surface area contributed by atoms with E-state index in [9.17, 15) is 4.79 Å². The van der Waals surface area contributed by atoms with E-state index >= 15 is 0 Å². The zero-order valence-electron chi connectivity index (χ0n) is 13.5. The second-order valence-electron chi connectivity index (χ2n) is 5.89. The standard InChI is InChI=1S/C19H21NO3/c1-4-14-10-15-7-5-6-8-16(15)11-18(14)23-17-9-13(2)20(12-17)19(21)22-3/h4-8,10-11,13,17H,1,9,12H2,2-3H3/t13-,17-/m1/s1. The number of likely N-dealkylation sites (tertiary alicyclic amines) is 1. The van der Waals surface area contributed by atoms with Crippen molar-refractivity contribution < 1.29 is 14.3 Å². The van der Waals surface area contributed by atoms with Crippen LogP contribution in [0.1, 0.15) is 18.9 Å². The van der Waals surface area contributed by atoms with Crippen LogP contribution in [0.5, 0.6) is 5.75 Å². The first-order chi connectivity index (χ1) is 11.1. The van der Waals surface area contributed by atoms with Crippen LogP contribution in [-0.4, -0.2) is 36.8 Å². The number of carbonyl (C=O) groups excluding carboxylic acids is 1. The highest BCUT2D eigenvalue weighted by Crippen LogP contribution is 2.30. The van der Waals surface area contributed by atoms with Crippen LogP contribution in [0.15, 0.2) is 43.0 Å². The first-order valence-corrected chi connectivity index (χ1v) is 7.79. The summed E-state index contributed by atoms with van der Waals surface area (Å²) in [7, 11) is 1.41. The molecule has 0 N–H and O–H groups in total. The van der Waals surface area contributed by atoms with Crippen LogP contribution < -0.4 is 4.74 Å². The summed E-state index contributed by atoms with van der Waals surface area (Å²) in [6, 6.07) is 12.4. The topological polar surface area (TPSA) is 38.8 Å². The number of ether oxygens (including phenoxy) is 2. The predicted molar refractivity (Wildman–Crippen MR) is 91.6 cm³/mol. The Morgan fingerprint density at radius 1 is 1.30 bits per heavy atom. The third-order valence-corrected chi connectivity index (χ3v) is 4.34. The highest BCUT2D eigenvalue weighted by Gasteiger charge is 2.34. The first kappa shape index (κ1) is 15.4. The normalized spacial score (nSPS) is 20.5. The molecule has 1 saturated heterocycles. The Morgan fingerprint density at radius 3 is 2.65 bits per heavy atom. The van der Waals surface area contributed by atoms with Gasteiger partial charge in [-0.05, 0) is 29.8 Å². The van der Waals surface area contributed by atoms with Crippen molar-refractivity contribution in [2.24, 2.45) is 0 Å². The number of fused-ring (bicyclic) bond motifs is 1. The summed E-state index contributed by atoms with van der Waals surface area (Å²) in [5.74, 6) is 0.808. The summed E-state index contributed by atoms with van der Waals surface area (Å²) in [4.78, 5) is 13.5. The number of amides is 1. The zero-order valence-corrected chi connectivity index (χ0v) is 13.5. The molecule has 0 aromatic heterocycles. The summed E-state index contributed by atoms with van der Waals surface area (Å²) in [5.41, 5.74) is 0.966. The minimum atomic E-state index is -0.300. The SMILES string of the molecule is C=Cc1cc2ccccc2cc1O[C@@H]1C[C@@H](C)N(C(=O)OC)C1. The molecule has 1 aliphatic rings. The van der Waals surface area contributed by atoms with Crippen LogP contribution in [0, 0.1) is 0 Å². The Kier molecular flexibility index (Phi) is 4.24. The van der Waals surface area contributed by atoms with Gasteiger partial charge in [0.25, 0.3) is 0 Å². The second kappa shape index (κ2) is 6.32. The minimum absolute atomic E-state index is 0.0380. The van der Waals surface area contributed by atoms with Crippen LogP contribution in [0.3, 0.4) is 0 Å². The van der Waals surface area contributed by atoms with E-state index in [1.807, 2.05) is 25.1 Å². The van der Waals surface area contributed by atoms with Gasteiger partial charge in [-0.15, -0.1) is 0 Å². The maximum atomic E-state index is 11.8. The Balaban J connectivity index is 1.84. The van der Waals surface area contributed by atoms with Crippen LogP contribution in [0.25, 0.3) is 16.8 Å². The summed E-state index contributed by atoms with van der Waals surface area (Å²) >= 11 is 0. The lowest BCUT2D eigenvalue weighted by atomic mass is 10.1. The Labute approximate surface area is 136 Å². The summed E-state index contributed by atoms with van der Waals surface area (Å²) in [5, 5.41) is 2.29. The molecule has 120 valence electrons. The van der Waals surface area contributed by atoms with Gasteiger partial charge in [-0.2, -0.15) is 0 Å². The third-order valence-electron chi connectivity index (χ3n) is 4.34. The van der Waals surface area contributed by atoms with Crippen molar-refractivity contribution in [3.05, 3.63) is 48.5 Å². The lowest BCUT2D eigenvalue weighted by Gasteiger charge is -2.19. The van der Waals surface area contributed by atoms with Crippen molar-refractivity contribution in [2.75, 3.05) is 13.7 Å². The van der Waals surface area contributed by atoms with Crippen molar-refractivity contribution in [2.45, 2.75) is 25.5 Å². The van der Waals surface area contributed by atoms with Gasteiger partial charge in [-0.25, -0.2) is 4.79 Å². The van der Waals surface area contributed by atoms with Crippen molar-refractivity contribution in [1.82, 2.24) is 4.90 Å². The van der Waals surface area contributed by atoms with Gasteiger partial charge in [0.05, 0.1) is 13.7 Å². The second-order valence-corrected chi connectivity index (χ2v) is 5.89. The number of hydrogen-bond donors (Lipinski definition) is 0. The maximum absolute atomic E-state index is 11.8. The van der Waals surface area contributed by atoms with Gasteiger partial charge in [0.15, 0.2) is 0 Å². The van der Waals surface area contributed by atoms with Gasteiger partial charge in [0, 0.05) is 18.0 Å². The largest absolute Gasteiger partial charge is 0.488 e. The zero-order chi connectivity index (χ0) is 16.4. The summed E-state index contributed by atoms with van der Waals surface area (Å²) in [6.07, 6.45) is 2.26. The number of nitrogens with zero attached hydrogens (tertiary/aromatic N) is 1. The molecule has 1 heterocycles. The first-order valence-electron chi connectivity index (χ1n) is 7.79. The highest BCUT2D eigenvalue weighted by molar-refractivity contribution is 5.87. The molecule has 0 bridgehead atoms. The smallest absolute Gasteiger partial charge is 0.409 e. The van der Waals surface area contributed by atoms with Crippen molar-refractivity contribution in [1.29, 1.82) is 0 Å². The van der Waals surface area contributed by atoms with E-state index in [1.54, 1.807) is 11.0 Å². The lowest BCUT2D eigenvalue weighted by Crippen LogP contribution is -2.34. The Morgan fingerprint density at radius 2 is 2.00 bits per heavy atom. The van der Waals surface area contributed by atoms with E-state index in [2.05, 4.69) is 24.8 Å². The molecule has 0 saturated carbocycles. The predicted octanol–water partition coefficient (Wildman–Crippen LogP) is 4.09. The minimum Gasteiger partial charge on any atom is -0.488 e. The Hall–Kier alpha value is -2.49. The van der Waals surface area contributed by atoms with E-state index < -0.39 is 0 Å². The maximum Gasteiger partial charge on any atom is 0.409 e. The lowest BCUT2D eigenvalue weighted by molar-refractivity contribution is 0.117. The molecule has 2 aromatic rings. The molecule has 1 aliphatic heterocycles. The van der Waals surface area contributed by atoms with E-state index in [0.717, 1.165) is 28.5 Å². The molecule has 0 aliphatic carbocycles. The van der Waals surface area contributed by atoms with E-state index in [1.165, 1.54) is 7.11 Å². The summed E-state index contributed by atoms with van der Waals surface area (Å²) < 4.78 is 11.0. The molecule has 1 amide bonds. The van der Waals surface area contributed by atoms with Crippen molar-refractivity contribution in [3.63, 3.8) is 0 Å². The Bertz CT molecular complexity index is 740. The van der Waals surface area contributed by atoms with Gasteiger partial charge >= 0.3 is 6.09 Å². The number of hydrogen-bond acceptors (Lipinski definition) is 3. The quantitative estimate of drug-likeness (QED) is 0.857. The number of carbonyl (C=O) groups is 1. The monoisotopic (exact) mass is 311 g/mol. The van der Waals surface area contributed by atoms with Crippen LogP contribution in [-0.2, 0) is 4.74 Å². The molecule has 0 spiro atoms. The fourth-order valence-corrected chi connectivity index (χ4v) is 3.12. The third kappa shape index (κ3) is 3.02. The van der Waals surface area contributed by atoms with Crippen LogP contribution in [0.4, 0.5) is 4.79 Å². The van der Waals surface area contributed by atoms with E-state index in [0.29, 0.717) is 6.54 Å². The molecule has 2 aromatic carbocycles. The van der Waals surface area contributed by atoms with Gasteiger partial charge < -0.3 is 14.4 Å². The average molecular weight is 311 g/mol. The fourth-order valence-electron chi connectivity index (χ4n) is 3.12.